The van der Waals surface area contributed by atoms with Crippen LogP contribution in [0, 0.1) is 5.92 Å². The predicted molar refractivity (Wildman–Crippen MR) is 78.2 cm³/mol. The molecule has 0 spiro atoms. The molecule has 0 bridgehead atoms. The normalized spacial score (nSPS) is 22.5. The average molecular weight is 260 g/mol. The Kier molecular flexibility index (Phi) is 3.71. The van der Waals surface area contributed by atoms with Crippen molar-refractivity contribution in [3.63, 3.8) is 0 Å². The summed E-state index contributed by atoms with van der Waals surface area (Å²) in [7, 11) is 0. The lowest BCUT2D eigenvalue weighted by Gasteiger charge is -2.36. The maximum atomic E-state index is 5.83. The molecule has 0 unspecified atom stereocenters. The van der Waals surface area contributed by atoms with E-state index in [-0.39, 0.29) is 6.04 Å². The molecule has 1 saturated heterocycles. The van der Waals surface area contributed by atoms with Crippen LogP contribution in [-0.4, -0.2) is 42.6 Å². The molecular formula is C15H24N4. The van der Waals surface area contributed by atoms with Crippen LogP contribution in [0.5, 0.6) is 0 Å². The number of anilines is 1. The fourth-order valence-corrected chi connectivity index (χ4v) is 2.71. The first-order chi connectivity index (χ1) is 9.22. The molecule has 0 aromatic carbocycles. The van der Waals surface area contributed by atoms with Crippen LogP contribution < -0.4 is 10.6 Å². The van der Waals surface area contributed by atoms with Gasteiger partial charge in [0.2, 0.25) is 0 Å². The van der Waals surface area contributed by atoms with Crippen molar-refractivity contribution >= 4 is 5.69 Å². The SMILES string of the molecule is C[C@@H](N)c1ccc(N2CCN(CC3CC3)CC2)cn1. The molecule has 2 fully saturated rings. The van der Waals surface area contributed by atoms with E-state index >= 15 is 0 Å². The molecule has 3 rings (SSSR count). The summed E-state index contributed by atoms with van der Waals surface area (Å²) in [5.74, 6) is 0.999. The monoisotopic (exact) mass is 260 g/mol. The number of rotatable bonds is 4. The van der Waals surface area contributed by atoms with E-state index in [0.717, 1.165) is 24.7 Å². The Labute approximate surface area is 115 Å². The maximum absolute atomic E-state index is 5.83. The van der Waals surface area contributed by atoms with Crippen molar-refractivity contribution in [2.75, 3.05) is 37.6 Å². The Morgan fingerprint density at radius 2 is 2.00 bits per heavy atom. The van der Waals surface area contributed by atoms with Crippen molar-refractivity contribution in [2.24, 2.45) is 11.7 Å². The lowest BCUT2D eigenvalue weighted by atomic mass is 10.2. The Morgan fingerprint density at radius 1 is 1.26 bits per heavy atom. The second-order valence-electron chi connectivity index (χ2n) is 5.96. The first-order valence-electron chi connectivity index (χ1n) is 7.41. The molecule has 104 valence electrons. The first kappa shape index (κ1) is 12.9. The van der Waals surface area contributed by atoms with Gasteiger partial charge in [0, 0.05) is 38.8 Å². The van der Waals surface area contributed by atoms with Gasteiger partial charge in [-0.25, -0.2) is 0 Å². The van der Waals surface area contributed by atoms with E-state index in [1.807, 2.05) is 13.1 Å². The number of hydrogen-bond donors (Lipinski definition) is 1. The Hall–Kier alpha value is -1.13. The van der Waals surface area contributed by atoms with Gasteiger partial charge < -0.3 is 10.6 Å². The molecule has 2 aliphatic rings. The summed E-state index contributed by atoms with van der Waals surface area (Å²) >= 11 is 0. The van der Waals surface area contributed by atoms with Gasteiger partial charge in [-0.15, -0.1) is 0 Å². The summed E-state index contributed by atoms with van der Waals surface area (Å²) in [6.07, 6.45) is 4.86. The van der Waals surface area contributed by atoms with Gasteiger partial charge in [0.25, 0.3) is 0 Å². The second kappa shape index (κ2) is 5.47. The smallest absolute Gasteiger partial charge is 0.0569 e. The molecule has 0 radical (unpaired) electrons. The summed E-state index contributed by atoms with van der Waals surface area (Å²) in [5.41, 5.74) is 8.03. The van der Waals surface area contributed by atoms with Crippen LogP contribution >= 0.6 is 0 Å². The number of piperazine rings is 1. The summed E-state index contributed by atoms with van der Waals surface area (Å²) in [6, 6.07) is 4.23. The first-order valence-corrected chi connectivity index (χ1v) is 7.41. The van der Waals surface area contributed by atoms with Gasteiger partial charge in [-0.1, -0.05) is 0 Å². The largest absolute Gasteiger partial charge is 0.368 e. The van der Waals surface area contributed by atoms with Crippen molar-refractivity contribution in [1.82, 2.24) is 9.88 Å². The highest BCUT2D eigenvalue weighted by atomic mass is 15.3. The molecule has 1 aromatic heterocycles. The second-order valence-corrected chi connectivity index (χ2v) is 5.96. The Balaban J connectivity index is 1.55. The standard InChI is InChI=1S/C15H24N4/c1-12(16)15-5-4-14(10-17-15)19-8-6-18(7-9-19)11-13-2-3-13/h4-5,10,12-13H,2-3,6-9,11,16H2,1H3/t12-/m1/s1. The van der Waals surface area contributed by atoms with E-state index in [2.05, 4.69) is 26.9 Å². The zero-order chi connectivity index (χ0) is 13.2. The van der Waals surface area contributed by atoms with Crippen LogP contribution in [-0.2, 0) is 0 Å². The molecule has 1 saturated carbocycles. The molecule has 19 heavy (non-hydrogen) atoms. The van der Waals surface area contributed by atoms with Crippen LogP contribution in [0.25, 0.3) is 0 Å². The highest BCUT2D eigenvalue weighted by Gasteiger charge is 2.26. The molecule has 4 heteroatoms. The third-order valence-electron chi connectivity index (χ3n) is 4.19. The van der Waals surface area contributed by atoms with Crippen molar-refractivity contribution in [3.05, 3.63) is 24.0 Å². The Morgan fingerprint density at radius 3 is 2.53 bits per heavy atom. The number of nitrogens with zero attached hydrogens (tertiary/aromatic N) is 3. The third-order valence-corrected chi connectivity index (χ3v) is 4.19. The van der Waals surface area contributed by atoms with Crippen molar-refractivity contribution in [1.29, 1.82) is 0 Å². The van der Waals surface area contributed by atoms with Gasteiger partial charge in [-0.2, -0.15) is 0 Å². The van der Waals surface area contributed by atoms with Gasteiger partial charge in [0.05, 0.1) is 17.6 Å². The lowest BCUT2D eigenvalue weighted by molar-refractivity contribution is 0.248. The number of aromatic nitrogens is 1. The molecule has 1 aromatic rings. The maximum Gasteiger partial charge on any atom is 0.0569 e. The molecule has 0 amide bonds. The lowest BCUT2D eigenvalue weighted by Crippen LogP contribution is -2.47. The summed E-state index contributed by atoms with van der Waals surface area (Å²) in [5, 5.41) is 0. The third kappa shape index (κ3) is 3.25. The van der Waals surface area contributed by atoms with Crippen LogP contribution in [0.1, 0.15) is 31.5 Å². The van der Waals surface area contributed by atoms with Crippen LogP contribution in [0.2, 0.25) is 0 Å². The highest BCUT2D eigenvalue weighted by Crippen LogP contribution is 2.30. The van der Waals surface area contributed by atoms with E-state index in [4.69, 9.17) is 5.73 Å². The van der Waals surface area contributed by atoms with Crippen LogP contribution in [0.15, 0.2) is 18.3 Å². The highest BCUT2D eigenvalue weighted by molar-refractivity contribution is 5.45. The fourth-order valence-electron chi connectivity index (χ4n) is 2.71. The molecule has 4 nitrogen and oxygen atoms in total. The minimum atomic E-state index is 0.0180. The predicted octanol–water partition coefficient (Wildman–Crippen LogP) is 1.63. The van der Waals surface area contributed by atoms with E-state index in [0.29, 0.717) is 0 Å². The average Bonchev–Trinajstić information content (AvgIpc) is 3.24. The zero-order valence-electron chi connectivity index (χ0n) is 11.8. The Bertz CT molecular complexity index is 403. The fraction of sp³-hybridized carbons (Fsp3) is 0.667. The molecule has 1 atom stereocenters. The van der Waals surface area contributed by atoms with Crippen molar-refractivity contribution in [3.8, 4) is 0 Å². The summed E-state index contributed by atoms with van der Waals surface area (Å²) < 4.78 is 0. The van der Waals surface area contributed by atoms with E-state index in [9.17, 15) is 0 Å². The number of nitrogens with two attached hydrogens (primary N) is 1. The van der Waals surface area contributed by atoms with E-state index in [1.54, 1.807) is 0 Å². The molecule has 1 aliphatic carbocycles. The van der Waals surface area contributed by atoms with Gasteiger partial charge in [0.1, 0.15) is 0 Å². The zero-order valence-corrected chi connectivity index (χ0v) is 11.8. The van der Waals surface area contributed by atoms with Crippen LogP contribution in [0.4, 0.5) is 5.69 Å². The number of hydrogen-bond acceptors (Lipinski definition) is 4. The van der Waals surface area contributed by atoms with Gasteiger partial charge in [-0.05, 0) is 37.8 Å². The van der Waals surface area contributed by atoms with Gasteiger partial charge in [0.15, 0.2) is 0 Å². The molecule has 1 aliphatic heterocycles. The van der Waals surface area contributed by atoms with Crippen molar-refractivity contribution < 1.29 is 0 Å². The van der Waals surface area contributed by atoms with Gasteiger partial charge >= 0.3 is 0 Å². The summed E-state index contributed by atoms with van der Waals surface area (Å²) in [4.78, 5) is 9.49. The minimum Gasteiger partial charge on any atom is -0.368 e. The van der Waals surface area contributed by atoms with Crippen LogP contribution in [0.3, 0.4) is 0 Å². The number of pyridine rings is 1. The topological polar surface area (TPSA) is 45.4 Å². The molecule has 2 heterocycles. The molecule has 2 N–H and O–H groups in total. The van der Waals surface area contributed by atoms with Crippen molar-refractivity contribution in [2.45, 2.75) is 25.8 Å². The van der Waals surface area contributed by atoms with E-state index < -0.39 is 0 Å². The van der Waals surface area contributed by atoms with Gasteiger partial charge in [-0.3, -0.25) is 9.88 Å². The quantitative estimate of drug-likeness (QED) is 0.894. The summed E-state index contributed by atoms with van der Waals surface area (Å²) in [6.45, 7) is 7.89. The minimum absolute atomic E-state index is 0.0180. The molecular weight excluding hydrogens is 236 g/mol. The van der Waals surface area contributed by atoms with E-state index in [1.165, 1.54) is 38.2 Å².